The van der Waals surface area contributed by atoms with Crippen LogP contribution in [0, 0.1) is 0 Å². The van der Waals surface area contributed by atoms with E-state index >= 15 is 0 Å². The molecule has 17 heavy (non-hydrogen) atoms. The number of hydrogen-bond donors (Lipinski definition) is 0. The first-order chi connectivity index (χ1) is 7.85. The quantitative estimate of drug-likeness (QED) is 0.622. The van der Waals surface area contributed by atoms with Crippen LogP contribution in [-0.2, 0) is 19.6 Å². The molecular weight excluding hydrogens is 242 g/mol. The molecule has 0 aromatic heterocycles. The Morgan fingerprint density at radius 2 is 1.94 bits per heavy atom. The first kappa shape index (κ1) is 16.4. The topological polar surface area (TPSA) is 63.7 Å². The summed E-state index contributed by atoms with van der Waals surface area (Å²) >= 11 is 0. The standard InChI is InChI=1S/C11H23NO4S/c1-5-8-12(10(2)3)17(14,15)9-6-7-11(13)16-4/h10H,5-9H2,1-4H3. The van der Waals surface area contributed by atoms with Crippen LogP contribution in [0.25, 0.3) is 0 Å². The summed E-state index contributed by atoms with van der Waals surface area (Å²) in [5, 5.41) is 0. The van der Waals surface area contributed by atoms with Crippen LogP contribution in [0.3, 0.4) is 0 Å². The van der Waals surface area contributed by atoms with Gasteiger partial charge in [0, 0.05) is 19.0 Å². The maximum absolute atomic E-state index is 12.0. The molecule has 5 nitrogen and oxygen atoms in total. The molecule has 0 fully saturated rings. The second-order valence-corrected chi connectivity index (χ2v) is 6.24. The Hall–Kier alpha value is -0.620. The van der Waals surface area contributed by atoms with E-state index in [2.05, 4.69) is 4.74 Å². The van der Waals surface area contributed by atoms with Crippen molar-refractivity contribution in [2.24, 2.45) is 0 Å². The molecule has 0 aliphatic rings. The molecule has 0 aliphatic heterocycles. The van der Waals surface area contributed by atoms with Gasteiger partial charge in [0.05, 0.1) is 12.9 Å². The molecule has 0 spiro atoms. The number of carbonyl (C=O) groups excluding carboxylic acids is 1. The molecule has 102 valence electrons. The van der Waals surface area contributed by atoms with E-state index in [1.807, 2.05) is 20.8 Å². The van der Waals surface area contributed by atoms with Gasteiger partial charge < -0.3 is 4.74 Å². The molecule has 0 aromatic rings. The third-order valence-electron chi connectivity index (χ3n) is 2.39. The normalized spacial score (nSPS) is 12.1. The van der Waals surface area contributed by atoms with E-state index in [0.717, 1.165) is 6.42 Å². The molecule has 0 heterocycles. The minimum atomic E-state index is -3.26. The van der Waals surface area contributed by atoms with Gasteiger partial charge in [-0.1, -0.05) is 6.92 Å². The van der Waals surface area contributed by atoms with Crippen LogP contribution in [0.2, 0.25) is 0 Å². The van der Waals surface area contributed by atoms with E-state index in [4.69, 9.17) is 0 Å². The van der Waals surface area contributed by atoms with Crippen molar-refractivity contribution >= 4 is 16.0 Å². The zero-order chi connectivity index (χ0) is 13.5. The van der Waals surface area contributed by atoms with Crippen molar-refractivity contribution in [1.29, 1.82) is 0 Å². The highest BCUT2D eigenvalue weighted by atomic mass is 32.2. The molecule has 0 bridgehead atoms. The van der Waals surface area contributed by atoms with Crippen LogP contribution in [0.5, 0.6) is 0 Å². The molecule has 0 rings (SSSR count). The molecule has 0 N–H and O–H groups in total. The van der Waals surface area contributed by atoms with Crippen molar-refractivity contribution < 1.29 is 17.9 Å². The minimum absolute atomic E-state index is 0.000278. The van der Waals surface area contributed by atoms with Gasteiger partial charge in [-0.2, -0.15) is 4.31 Å². The van der Waals surface area contributed by atoms with E-state index in [9.17, 15) is 13.2 Å². The fourth-order valence-electron chi connectivity index (χ4n) is 1.56. The van der Waals surface area contributed by atoms with Crippen LogP contribution in [0.4, 0.5) is 0 Å². The van der Waals surface area contributed by atoms with Crippen molar-refractivity contribution in [3.05, 3.63) is 0 Å². The average Bonchev–Trinajstić information content (AvgIpc) is 2.24. The zero-order valence-corrected chi connectivity index (χ0v) is 11.9. The Morgan fingerprint density at radius 1 is 1.35 bits per heavy atom. The van der Waals surface area contributed by atoms with Gasteiger partial charge >= 0.3 is 5.97 Å². The number of rotatable bonds is 8. The maximum Gasteiger partial charge on any atom is 0.305 e. The highest BCUT2D eigenvalue weighted by molar-refractivity contribution is 7.89. The lowest BCUT2D eigenvalue weighted by molar-refractivity contribution is -0.140. The van der Waals surface area contributed by atoms with Crippen LogP contribution in [0.1, 0.15) is 40.0 Å². The Kier molecular flexibility index (Phi) is 7.38. The van der Waals surface area contributed by atoms with E-state index in [-0.39, 0.29) is 24.2 Å². The Balaban J connectivity index is 4.38. The summed E-state index contributed by atoms with van der Waals surface area (Å²) in [5.74, 6) is -0.368. The third kappa shape index (κ3) is 6.02. The van der Waals surface area contributed by atoms with Gasteiger partial charge in [-0.15, -0.1) is 0 Å². The minimum Gasteiger partial charge on any atom is -0.469 e. The van der Waals surface area contributed by atoms with Gasteiger partial charge in [-0.05, 0) is 26.7 Å². The van der Waals surface area contributed by atoms with Gasteiger partial charge in [-0.3, -0.25) is 4.79 Å². The first-order valence-corrected chi connectivity index (χ1v) is 7.52. The maximum atomic E-state index is 12.0. The SMILES string of the molecule is CCCN(C(C)C)S(=O)(=O)CCCC(=O)OC. The average molecular weight is 265 g/mol. The second kappa shape index (κ2) is 7.66. The molecular formula is C11H23NO4S. The predicted molar refractivity (Wildman–Crippen MR) is 67.2 cm³/mol. The number of hydrogen-bond acceptors (Lipinski definition) is 4. The number of nitrogens with zero attached hydrogens (tertiary/aromatic N) is 1. The second-order valence-electron chi connectivity index (χ2n) is 4.20. The molecule has 0 saturated carbocycles. The van der Waals surface area contributed by atoms with Gasteiger partial charge in [0.2, 0.25) is 10.0 Å². The molecule has 0 radical (unpaired) electrons. The third-order valence-corrected chi connectivity index (χ3v) is 4.51. The van der Waals surface area contributed by atoms with Gasteiger partial charge in [-0.25, -0.2) is 8.42 Å². The lowest BCUT2D eigenvalue weighted by Gasteiger charge is -2.25. The Bertz CT molecular complexity index is 324. The summed E-state index contributed by atoms with van der Waals surface area (Å²) in [6.07, 6.45) is 1.24. The van der Waals surface area contributed by atoms with Gasteiger partial charge in [0.1, 0.15) is 0 Å². The molecule has 0 amide bonds. The number of methoxy groups -OCH3 is 1. The summed E-state index contributed by atoms with van der Waals surface area (Å²) in [4.78, 5) is 10.9. The molecule has 0 aromatic carbocycles. The van der Waals surface area contributed by atoms with Crippen molar-refractivity contribution in [3.63, 3.8) is 0 Å². The fourth-order valence-corrected chi connectivity index (χ4v) is 3.40. The summed E-state index contributed by atoms with van der Waals surface area (Å²) < 4.78 is 30.0. The smallest absolute Gasteiger partial charge is 0.305 e. The fraction of sp³-hybridized carbons (Fsp3) is 0.909. The number of carbonyl (C=O) groups is 1. The predicted octanol–water partition coefficient (Wildman–Crippen LogP) is 1.39. The van der Waals surface area contributed by atoms with Crippen LogP contribution in [-0.4, -0.2) is 44.1 Å². The number of esters is 1. The van der Waals surface area contributed by atoms with Crippen molar-refractivity contribution in [2.75, 3.05) is 19.4 Å². The number of ether oxygens (including phenoxy) is 1. The van der Waals surface area contributed by atoms with Gasteiger partial charge in [0.15, 0.2) is 0 Å². The zero-order valence-electron chi connectivity index (χ0n) is 11.1. The van der Waals surface area contributed by atoms with E-state index in [0.29, 0.717) is 13.0 Å². The van der Waals surface area contributed by atoms with Crippen LogP contribution < -0.4 is 0 Å². The Morgan fingerprint density at radius 3 is 2.35 bits per heavy atom. The lowest BCUT2D eigenvalue weighted by atomic mass is 10.3. The summed E-state index contributed by atoms with van der Waals surface area (Å²) in [6.45, 7) is 6.18. The lowest BCUT2D eigenvalue weighted by Crippen LogP contribution is -2.39. The largest absolute Gasteiger partial charge is 0.469 e. The summed E-state index contributed by atoms with van der Waals surface area (Å²) in [6, 6.07) is -0.0434. The molecule has 0 atom stereocenters. The van der Waals surface area contributed by atoms with Crippen LogP contribution in [0.15, 0.2) is 0 Å². The summed E-state index contributed by atoms with van der Waals surface area (Å²) in [5.41, 5.74) is 0. The highest BCUT2D eigenvalue weighted by Gasteiger charge is 2.23. The van der Waals surface area contributed by atoms with Crippen molar-refractivity contribution in [2.45, 2.75) is 46.1 Å². The van der Waals surface area contributed by atoms with E-state index in [1.54, 1.807) is 0 Å². The molecule has 0 aliphatic carbocycles. The van der Waals surface area contributed by atoms with Crippen molar-refractivity contribution in [3.8, 4) is 0 Å². The monoisotopic (exact) mass is 265 g/mol. The number of sulfonamides is 1. The Labute approximate surface area is 104 Å². The van der Waals surface area contributed by atoms with E-state index in [1.165, 1.54) is 11.4 Å². The molecule has 0 unspecified atom stereocenters. The van der Waals surface area contributed by atoms with Crippen LogP contribution >= 0.6 is 0 Å². The highest BCUT2D eigenvalue weighted by Crippen LogP contribution is 2.10. The molecule has 0 saturated heterocycles. The first-order valence-electron chi connectivity index (χ1n) is 5.91. The van der Waals surface area contributed by atoms with Crippen molar-refractivity contribution in [1.82, 2.24) is 4.31 Å². The van der Waals surface area contributed by atoms with E-state index < -0.39 is 10.0 Å². The van der Waals surface area contributed by atoms with Gasteiger partial charge in [0.25, 0.3) is 0 Å². The summed E-state index contributed by atoms with van der Waals surface area (Å²) in [7, 11) is -1.96. The molecule has 6 heteroatoms.